The summed E-state index contributed by atoms with van der Waals surface area (Å²) in [6, 6.07) is 12.8. The minimum Gasteiger partial charge on any atom is -0.322 e. The van der Waals surface area contributed by atoms with E-state index in [4.69, 9.17) is 0 Å². The molecule has 4 rings (SSSR count). The van der Waals surface area contributed by atoms with E-state index >= 15 is 0 Å². The minimum absolute atomic E-state index is 0.116. The Morgan fingerprint density at radius 3 is 2.36 bits per heavy atom. The van der Waals surface area contributed by atoms with E-state index in [2.05, 4.69) is 10.2 Å². The third-order valence-corrected chi connectivity index (χ3v) is 8.35. The number of anilines is 1. The highest BCUT2D eigenvalue weighted by molar-refractivity contribution is 8.14. The van der Waals surface area contributed by atoms with Gasteiger partial charge in [-0.15, -0.1) is 0 Å². The standard InChI is InChI=1S/C22H24N4O5S2/c1-24-9-11-25(12-10-24)33(30,31)19-7-5-18(6-8-19)23-21(28)17-4-2-3-16(13-17)14-26-20(27)15-32-22(26)29/h2-8,13H,9-12,14-15H2,1H3,(H,23,28). The van der Waals surface area contributed by atoms with E-state index < -0.39 is 10.0 Å². The topological polar surface area (TPSA) is 107 Å². The van der Waals surface area contributed by atoms with Crippen molar-refractivity contribution in [3.05, 3.63) is 59.7 Å². The first-order valence-electron chi connectivity index (χ1n) is 10.4. The fraction of sp³-hybridized carbons (Fsp3) is 0.318. The van der Waals surface area contributed by atoms with Crippen LogP contribution >= 0.6 is 11.8 Å². The highest BCUT2D eigenvalue weighted by Crippen LogP contribution is 2.23. The van der Waals surface area contributed by atoms with Crippen molar-refractivity contribution in [1.29, 1.82) is 0 Å². The number of carbonyl (C=O) groups excluding carboxylic acids is 3. The summed E-state index contributed by atoms with van der Waals surface area (Å²) in [4.78, 5) is 39.8. The Hall–Kier alpha value is -2.73. The van der Waals surface area contributed by atoms with E-state index in [1.165, 1.54) is 21.3 Å². The van der Waals surface area contributed by atoms with Crippen LogP contribution in [0.2, 0.25) is 0 Å². The molecule has 2 aromatic carbocycles. The van der Waals surface area contributed by atoms with E-state index in [0.717, 1.165) is 11.8 Å². The second kappa shape index (κ2) is 9.64. The summed E-state index contributed by atoms with van der Waals surface area (Å²) >= 11 is 0.967. The highest BCUT2D eigenvalue weighted by atomic mass is 32.2. The van der Waals surface area contributed by atoms with Crippen molar-refractivity contribution in [3.8, 4) is 0 Å². The maximum Gasteiger partial charge on any atom is 0.289 e. The number of amides is 3. The number of nitrogens with zero attached hydrogens (tertiary/aromatic N) is 3. The van der Waals surface area contributed by atoms with Crippen molar-refractivity contribution in [3.63, 3.8) is 0 Å². The van der Waals surface area contributed by atoms with Crippen LogP contribution in [0.1, 0.15) is 15.9 Å². The lowest BCUT2D eigenvalue weighted by atomic mass is 10.1. The van der Waals surface area contributed by atoms with Crippen molar-refractivity contribution < 1.29 is 22.8 Å². The van der Waals surface area contributed by atoms with Gasteiger partial charge >= 0.3 is 0 Å². The molecular formula is C22H24N4O5S2. The van der Waals surface area contributed by atoms with Gasteiger partial charge in [0.05, 0.1) is 17.2 Å². The van der Waals surface area contributed by atoms with Crippen LogP contribution in [0.15, 0.2) is 53.4 Å². The molecule has 33 heavy (non-hydrogen) atoms. The minimum atomic E-state index is -3.58. The number of sulfonamides is 1. The molecule has 0 saturated carbocycles. The first-order valence-corrected chi connectivity index (χ1v) is 12.8. The number of hydrogen-bond donors (Lipinski definition) is 1. The lowest BCUT2D eigenvalue weighted by molar-refractivity contribution is -0.125. The molecule has 2 heterocycles. The van der Waals surface area contributed by atoms with Crippen LogP contribution in [-0.4, -0.2) is 78.6 Å². The average molecular weight is 489 g/mol. The Morgan fingerprint density at radius 2 is 1.73 bits per heavy atom. The number of imide groups is 1. The smallest absolute Gasteiger partial charge is 0.289 e. The van der Waals surface area contributed by atoms with Gasteiger partial charge in [-0.25, -0.2) is 8.42 Å². The van der Waals surface area contributed by atoms with Crippen molar-refractivity contribution in [1.82, 2.24) is 14.1 Å². The molecule has 2 aliphatic heterocycles. The maximum absolute atomic E-state index is 12.8. The van der Waals surface area contributed by atoms with Gasteiger partial charge in [0.2, 0.25) is 15.9 Å². The molecule has 2 saturated heterocycles. The normalized spacial score (nSPS) is 18.0. The number of carbonyl (C=O) groups is 3. The van der Waals surface area contributed by atoms with Crippen LogP contribution in [-0.2, 0) is 21.4 Å². The Kier molecular flexibility index (Phi) is 6.84. The number of benzene rings is 2. The fourth-order valence-corrected chi connectivity index (χ4v) is 5.77. The molecule has 1 N–H and O–H groups in total. The van der Waals surface area contributed by atoms with Crippen LogP contribution in [0.3, 0.4) is 0 Å². The number of likely N-dealkylation sites (N-methyl/N-ethyl adjacent to an activating group) is 1. The van der Waals surface area contributed by atoms with Crippen molar-refractivity contribution in [2.45, 2.75) is 11.4 Å². The lowest BCUT2D eigenvalue weighted by Gasteiger charge is -2.31. The summed E-state index contributed by atoms with van der Waals surface area (Å²) in [6.07, 6.45) is 0. The molecule has 0 radical (unpaired) electrons. The Bertz CT molecular complexity index is 1160. The van der Waals surface area contributed by atoms with Gasteiger partial charge in [0.25, 0.3) is 11.1 Å². The molecule has 0 atom stereocenters. The summed E-state index contributed by atoms with van der Waals surface area (Å²) in [5.74, 6) is -0.481. The van der Waals surface area contributed by atoms with E-state index in [1.54, 1.807) is 36.4 Å². The Labute approximate surface area is 196 Å². The summed E-state index contributed by atoms with van der Waals surface area (Å²) in [7, 11) is -1.62. The van der Waals surface area contributed by atoms with Gasteiger partial charge < -0.3 is 10.2 Å². The van der Waals surface area contributed by atoms with Crippen molar-refractivity contribution in [2.24, 2.45) is 0 Å². The first-order chi connectivity index (χ1) is 15.7. The maximum atomic E-state index is 12.8. The Morgan fingerprint density at radius 1 is 1.03 bits per heavy atom. The predicted molar refractivity (Wildman–Crippen MR) is 125 cm³/mol. The molecule has 0 aromatic heterocycles. The highest BCUT2D eigenvalue weighted by Gasteiger charge is 2.30. The van der Waals surface area contributed by atoms with Crippen molar-refractivity contribution >= 4 is 44.5 Å². The third kappa shape index (κ3) is 5.27. The molecule has 0 spiro atoms. The summed E-state index contributed by atoms with van der Waals surface area (Å²) < 4.78 is 27.2. The molecule has 0 aliphatic carbocycles. The largest absolute Gasteiger partial charge is 0.322 e. The third-order valence-electron chi connectivity index (χ3n) is 5.58. The van der Waals surface area contributed by atoms with Gasteiger partial charge in [-0.2, -0.15) is 4.31 Å². The molecule has 2 aliphatic rings. The lowest BCUT2D eigenvalue weighted by Crippen LogP contribution is -2.46. The van der Waals surface area contributed by atoms with Crippen LogP contribution in [0.5, 0.6) is 0 Å². The summed E-state index contributed by atoms with van der Waals surface area (Å²) in [6.45, 7) is 2.38. The van der Waals surface area contributed by atoms with E-state index in [1.807, 2.05) is 7.05 Å². The van der Waals surface area contributed by atoms with E-state index in [-0.39, 0.29) is 34.2 Å². The van der Waals surface area contributed by atoms with Gasteiger partial charge in [0.15, 0.2) is 0 Å². The number of hydrogen-bond acceptors (Lipinski definition) is 7. The van der Waals surface area contributed by atoms with Crippen LogP contribution in [0, 0.1) is 0 Å². The van der Waals surface area contributed by atoms with Crippen LogP contribution < -0.4 is 5.32 Å². The van der Waals surface area contributed by atoms with Gasteiger partial charge in [-0.3, -0.25) is 19.3 Å². The number of rotatable bonds is 6. The average Bonchev–Trinajstić information content (AvgIpc) is 3.12. The number of piperazine rings is 1. The van der Waals surface area contributed by atoms with Gasteiger partial charge in [0.1, 0.15) is 0 Å². The molecule has 174 valence electrons. The van der Waals surface area contributed by atoms with E-state index in [0.29, 0.717) is 43.0 Å². The van der Waals surface area contributed by atoms with Crippen LogP contribution in [0.4, 0.5) is 10.5 Å². The molecule has 2 aromatic rings. The summed E-state index contributed by atoms with van der Waals surface area (Å²) in [5.41, 5.74) is 1.50. The molecule has 0 unspecified atom stereocenters. The molecule has 0 bridgehead atoms. The first kappa shape index (κ1) is 23.4. The fourth-order valence-electron chi connectivity index (χ4n) is 3.62. The zero-order chi connectivity index (χ0) is 23.6. The molecule has 2 fully saturated rings. The second-order valence-corrected chi connectivity index (χ2v) is 10.8. The molecule has 3 amide bonds. The molecule has 9 nitrogen and oxygen atoms in total. The molecular weight excluding hydrogens is 464 g/mol. The summed E-state index contributed by atoms with van der Waals surface area (Å²) in [5, 5.41) is 2.46. The molecule has 11 heteroatoms. The monoisotopic (exact) mass is 488 g/mol. The van der Waals surface area contributed by atoms with Crippen LogP contribution in [0.25, 0.3) is 0 Å². The number of thioether (sulfide) groups is 1. The van der Waals surface area contributed by atoms with Gasteiger partial charge in [-0.05, 0) is 49.0 Å². The van der Waals surface area contributed by atoms with Gasteiger partial charge in [0, 0.05) is 37.4 Å². The quantitative estimate of drug-likeness (QED) is 0.663. The zero-order valence-electron chi connectivity index (χ0n) is 18.1. The second-order valence-electron chi connectivity index (χ2n) is 7.92. The number of nitrogens with one attached hydrogen (secondary N) is 1. The Balaban J connectivity index is 1.42. The van der Waals surface area contributed by atoms with E-state index in [9.17, 15) is 22.8 Å². The van der Waals surface area contributed by atoms with Crippen molar-refractivity contribution in [2.75, 3.05) is 44.3 Å². The zero-order valence-corrected chi connectivity index (χ0v) is 19.7. The predicted octanol–water partition coefficient (Wildman–Crippen LogP) is 2.07. The SMILES string of the molecule is CN1CCN(S(=O)(=O)c2ccc(NC(=O)c3cccc(CN4C(=O)CSC4=O)c3)cc2)CC1. The van der Waals surface area contributed by atoms with Gasteiger partial charge in [-0.1, -0.05) is 23.9 Å².